The van der Waals surface area contributed by atoms with E-state index >= 15 is 0 Å². The van der Waals surface area contributed by atoms with E-state index in [0.29, 0.717) is 5.54 Å². The van der Waals surface area contributed by atoms with E-state index in [1.807, 2.05) is 0 Å². The van der Waals surface area contributed by atoms with E-state index in [1.54, 1.807) is 0 Å². The van der Waals surface area contributed by atoms with Crippen molar-refractivity contribution in [2.24, 2.45) is 17.6 Å². The lowest BCUT2D eigenvalue weighted by Crippen LogP contribution is -2.43. The highest BCUT2D eigenvalue weighted by molar-refractivity contribution is 4.82. The van der Waals surface area contributed by atoms with Gasteiger partial charge in [-0.2, -0.15) is 0 Å². The summed E-state index contributed by atoms with van der Waals surface area (Å²) < 4.78 is 0. The highest BCUT2D eigenvalue weighted by atomic mass is 15.2. The Morgan fingerprint density at radius 2 is 1.80 bits per heavy atom. The molecule has 0 spiro atoms. The second-order valence-electron chi connectivity index (χ2n) is 5.99. The van der Waals surface area contributed by atoms with Gasteiger partial charge in [-0.25, -0.2) is 0 Å². The number of nitrogens with zero attached hydrogens (tertiary/aromatic N) is 1. The highest BCUT2D eigenvalue weighted by Crippen LogP contribution is 2.31. The van der Waals surface area contributed by atoms with Crippen molar-refractivity contribution in [2.45, 2.75) is 52.5 Å². The van der Waals surface area contributed by atoms with Crippen LogP contribution in [0, 0.1) is 11.8 Å². The minimum absolute atomic E-state index is 0.315. The lowest BCUT2D eigenvalue weighted by molar-refractivity contribution is 0.120. The molecule has 90 valence electrons. The molecule has 0 radical (unpaired) electrons. The van der Waals surface area contributed by atoms with Gasteiger partial charge in [0, 0.05) is 12.1 Å². The summed E-state index contributed by atoms with van der Waals surface area (Å²) in [6, 6.07) is 0. The van der Waals surface area contributed by atoms with Crippen molar-refractivity contribution < 1.29 is 0 Å². The molecule has 1 saturated carbocycles. The quantitative estimate of drug-likeness (QED) is 0.776. The molecule has 1 aliphatic rings. The van der Waals surface area contributed by atoms with Gasteiger partial charge in [0.05, 0.1) is 0 Å². The van der Waals surface area contributed by atoms with Crippen LogP contribution in [0.5, 0.6) is 0 Å². The molecule has 0 aliphatic heterocycles. The number of hydrogen-bond acceptors (Lipinski definition) is 2. The van der Waals surface area contributed by atoms with Gasteiger partial charge in [0.25, 0.3) is 0 Å². The first-order valence-electron chi connectivity index (χ1n) is 6.42. The Hall–Kier alpha value is -0.0800. The topological polar surface area (TPSA) is 29.3 Å². The molecule has 0 bridgehead atoms. The van der Waals surface area contributed by atoms with E-state index in [9.17, 15) is 0 Å². The SMILES string of the molecule is CCN(C[C@H]1CC[C@@H](CN)C1)C(C)(C)C. The average Bonchev–Trinajstić information content (AvgIpc) is 2.59. The zero-order valence-corrected chi connectivity index (χ0v) is 10.9. The summed E-state index contributed by atoms with van der Waals surface area (Å²) in [5, 5.41) is 0. The summed E-state index contributed by atoms with van der Waals surface area (Å²) in [5.74, 6) is 1.69. The van der Waals surface area contributed by atoms with Crippen LogP contribution in [0.2, 0.25) is 0 Å². The molecule has 0 aromatic carbocycles. The lowest BCUT2D eigenvalue weighted by atomic mass is 10.00. The van der Waals surface area contributed by atoms with Gasteiger partial charge >= 0.3 is 0 Å². The van der Waals surface area contributed by atoms with E-state index in [0.717, 1.165) is 24.9 Å². The van der Waals surface area contributed by atoms with Gasteiger partial charge in [-0.05, 0) is 65.0 Å². The molecule has 1 fully saturated rings. The average molecular weight is 212 g/mol. The van der Waals surface area contributed by atoms with Crippen LogP contribution in [-0.4, -0.2) is 30.1 Å². The van der Waals surface area contributed by atoms with Crippen LogP contribution in [0.25, 0.3) is 0 Å². The van der Waals surface area contributed by atoms with Crippen molar-refractivity contribution in [1.29, 1.82) is 0 Å². The van der Waals surface area contributed by atoms with Crippen LogP contribution in [0.4, 0.5) is 0 Å². The molecule has 0 aromatic rings. The van der Waals surface area contributed by atoms with E-state index in [-0.39, 0.29) is 0 Å². The first-order valence-corrected chi connectivity index (χ1v) is 6.42. The van der Waals surface area contributed by atoms with Crippen LogP contribution in [0.15, 0.2) is 0 Å². The zero-order chi connectivity index (χ0) is 11.5. The Morgan fingerprint density at radius 3 is 2.20 bits per heavy atom. The molecule has 0 saturated heterocycles. The van der Waals surface area contributed by atoms with Crippen LogP contribution in [-0.2, 0) is 0 Å². The Balaban J connectivity index is 2.40. The van der Waals surface area contributed by atoms with E-state index in [2.05, 4.69) is 32.6 Å². The van der Waals surface area contributed by atoms with E-state index < -0.39 is 0 Å². The molecule has 0 heterocycles. The fourth-order valence-electron chi connectivity index (χ4n) is 2.75. The molecule has 0 aromatic heterocycles. The third kappa shape index (κ3) is 3.76. The largest absolute Gasteiger partial charge is 0.330 e. The van der Waals surface area contributed by atoms with Crippen LogP contribution in [0.1, 0.15) is 47.0 Å². The molecule has 2 N–H and O–H groups in total. The van der Waals surface area contributed by atoms with Gasteiger partial charge in [0.2, 0.25) is 0 Å². The van der Waals surface area contributed by atoms with Gasteiger partial charge < -0.3 is 5.73 Å². The summed E-state index contributed by atoms with van der Waals surface area (Å²) in [4.78, 5) is 2.59. The van der Waals surface area contributed by atoms with Crippen molar-refractivity contribution in [3.63, 3.8) is 0 Å². The maximum absolute atomic E-state index is 5.73. The van der Waals surface area contributed by atoms with Gasteiger partial charge in [-0.3, -0.25) is 4.90 Å². The summed E-state index contributed by atoms with van der Waals surface area (Å²) in [5.41, 5.74) is 6.05. The third-order valence-corrected chi connectivity index (χ3v) is 3.79. The molecule has 1 rings (SSSR count). The van der Waals surface area contributed by atoms with Crippen LogP contribution >= 0.6 is 0 Å². The second-order valence-corrected chi connectivity index (χ2v) is 5.99. The molecule has 1 aliphatic carbocycles. The molecule has 0 amide bonds. The molecular weight excluding hydrogens is 184 g/mol. The Bertz CT molecular complexity index is 183. The van der Waals surface area contributed by atoms with Crippen molar-refractivity contribution in [2.75, 3.05) is 19.6 Å². The van der Waals surface area contributed by atoms with Crippen LogP contribution < -0.4 is 5.73 Å². The minimum atomic E-state index is 0.315. The summed E-state index contributed by atoms with van der Waals surface area (Å²) >= 11 is 0. The van der Waals surface area contributed by atoms with Gasteiger partial charge in [-0.1, -0.05) is 6.92 Å². The summed E-state index contributed by atoms with van der Waals surface area (Å²) in [6.07, 6.45) is 4.08. The van der Waals surface area contributed by atoms with E-state index in [1.165, 1.54) is 25.8 Å². The molecule has 15 heavy (non-hydrogen) atoms. The molecule has 2 nitrogen and oxygen atoms in total. The smallest absolute Gasteiger partial charge is 0.0125 e. The summed E-state index contributed by atoms with van der Waals surface area (Å²) in [7, 11) is 0. The fourth-order valence-corrected chi connectivity index (χ4v) is 2.75. The Kier molecular flexibility index (Phi) is 4.60. The monoisotopic (exact) mass is 212 g/mol. The van der Waals surface area contributed by atoms with Gasteiger partial charge in [0.1, 0.15) is 0 Å². The molecule has 0 unspecified atom stereocenters. The normalized spacial score (nSPS) is 27.6. The standard InChI is InChI=1S/C13H28N2/c1-5-15(13(2,3)4)10-12-7-6-11(8-12)9-14/h11-12H,5-10,14H2,1-4H3/t11-,12+/m1/s1. The number of nitrogens with two attached hydrogens (primary N) is 1. The van der Waals surface area contributed by atoms with E-state index in [4.69, 9.17) is 5.73 Å². The van der Waals surface area contributed by atoms with Gasteiger partial charge in [-0.15, -0.1) is 0 Å². The molecular formula is C13H28N2. The van der Waals surface area contributed by atoms with Gasteiger partial charge in [0.15, 0.2) is 0 Å². The first kappa shape index (κ1) is 13.0. The maximum Gasteiger partial charge on any atom is 0.0125 e. The Morgan fingerprint density at radius 1 is 1.20 bits per heavy atom. The maximum atomic E-state index is 5.73. The second kappa shape index (κ2) is 5.31. The number of hydrogen-bond donors (Lipinski definition) is 1. The Labute approximate surface area is 95.2 Å². The predicted octanol–water partition coefficient (Wildman–Crippen LogP) is 2.48. The molecule has 2 heteroatoms. The minimum Gasteiger partial charge on any atom is -0.330 e. The highest BCUT2D eigenvalue weighted by Gasteiger charge is 2.28. The fraction of sp³-hybridized carbons (Fsp3) is 1.00. The van der Waals surface area contributed by atoms with Crippen molar-refractivity contribution >= 4 is 0 Å². The molecule has 2 atom stereocenters. The summed E-state index contributed by atoms with van der Waals surface area (Å²) in [6.45, 7) is 12.5. The van der Waals surface area contributed by atoms with Crippen LogP contribution in [0.3, 0.4) is 0 Å². The van der Waals surface area contributed by atoms with Crippen molar-refractivity contribution in [3.8, 4) is 0 Å². The predicted molar refractivity (Wildman–Crippen MR) is 66.9 cm³/mol. The number of rotatable bonds is 4. The first-order chi connectivity index (χ1) is 6.97. The third-order valence-electron chi connectivity index (χ3n) is 3.79. The lowest BCUT2D eigenvalue weighted by Gasteiger charge is -2.36. The van der Waals surface area contributed by atoms with Crippen molar-refractivity contribution in [3.05, 3.63) is 0 Å². The van der Waals surface area contributed by atoms with Crippen molar-refractivity contribution in [1.82, 2.24) is 4.90 Å². The zero-order valence-electron chi connectivity index (χ0n) is 10.9.